The van der Waals surface area contributed by atoms with E-state index in [4.69, 9.17) is 9.05 Å². The molecule has 3 unspecified atom stereocenters. The van der Waals surface area contributed by atoms with Gasteiger partial charge in [0.2, 0.25) is 5.91 Å². The number of quaternary nitrogens is 1. The molecule has 448 valence electrons. The molecule has 0 spiro atoms. The van der Waals surface area contributed by atoms with Crippen LogP contribution in [0.5, 0.6) is 0 Å². The summed E-state index contributed by atoms with van der Waals surface area (Å²) >= 11 is 0. The number of amides is 1. The molecule has 1 amide bonds. The molecule has 0 aromatic rings. The van der Waals surface area contributed by atoms with Crippen molar-refractivity contribution in [2.45, 2.75) is 270 Å². The lowest BCUT2D eigenvalue weighted by Gasteiger charge is -2.29. The van der Waals surface area contributed by atoms with Crippen molar-refractivity contribution in [3.8, 4) is 0 Å². The molecule has 0 aliphatic carbocycles. The van der Waals surface area contributed by atoms with Gasteiger partial charge in [-0.05, 0) is 89.9 Å². The molecule has 0 bridgehead atoms. The van der Waals surface area contributed by atoms with Crippen LogP contribution in [0.3, 0.4) is 0 Å². The maximum absolute atomic E-state index is 13.0. The van der Waals surface area contributed by atoms with Crippen LogP contribution in [-0.4, -0.2) is 68.5 Å². The Bertz CT molecular complexity index is 1680. The molecule has 78 heavy (non-hydrogen) atoms. The van der Waals surface area contributed by atoms with E-state index in [0.717, 1.165) is 103 Å². The number of phosphoric ester groups is 1. The van der Waals surface area contributed by atoms with Crippen LogP contribution in [-0.2, 0) is 18.4 Å². The Kier molecular flexibility index (Phi) is 56.2. The van der Waals surface area contributed by atoms with Gasteiger partial charge in [-0.1, -0.05) is 283 Å². The van der Waals surface area contributed by atoms with Crippen molar-refractivity contribution in [3.05, 3.63) is 122 Å². The number of carbonyl (C=O) groups is 1. The number of phosphoric acid groups is 1. The summed E-state index contributed by atoms with van der Waals surface area (Å²) in [5, 5.41) is 13.9. The van der Waals surface area contributed by atoms with E-state index < -0.39 is 20.0 Å². The predicted octanol–water partition coefficient (Wildman–Crippen LogP) is 19.5. The second-order valence-electron chi connectivity index (χ2n) is 22.4. The van der Waals surface area contributed by atoms with Gasteiger partial charge in [0.25, 0.3) is 7.82 Å². The molecule has 0 saturated carbocycles. The quantitative estimate of drug-likeness (QED) is 0.0272. The molecule has 0 aromatic heterocycles. The summed E-state index contributed by atoms with van der Waals surface area (Å²) in [5.41, 5.74) is 0. The average Bonchev–Trinajstić information content (AvgIpc) is 3.40. The molecule has 0 heterocycles. The molecule has 0 aliphatic heterocycles. The highest BCUT2D eigenvalue weighted by molar-refractivity contribution is 7.45. The molecule has 0 aromatic carbocycles. The first-order chi connectivity index (χ1) is 38.0. The highest BCUT2D eigenvalue weighted by atomic mass is 31.2. The van der Waals surface area contributed by atoms with Crippen LogP contribution in [0.2, 0.25) is 0 Å². The van der Waals surface area contributed by atoms with Crippen LogP contribution in [0, 0.1) is 0 Å². The molecule has 2 N–H and O–H groups in total. The molecule has 0 saturated heterocycles. The third-order valence-electron chi connectivity index (χ3n) is 13.7. The highest BCUT2D eigenvalue weighted by Crippen LogP contribution is 2.38. The van der Waals surface area contributed by atoms with Crippen molar-refractivity contribution < 1.29 is 32.9 Å². The first kappa shape index (κ1) is 74.9. The second-order valence-corrected chi connectivity index (χ2v) is 23.8. The Labute approximate surface area is 482 Å². The maximum atomic E-state index is 13.0. The summed E-state index contributed by atoms with van der Waals surface area (Å²) < 4.78 is 23.4. The van der Waals surface area contributed by atoms with Crippen LogP contribution < -0.4 is 10.2 Å². The van der Waals surface area contributed by atoms with Crippen molar-refractivity contribution in [1.29, 1.82) is 0 Å². The summed E-state index contributed by atoms with van der Waals surface area (Å²) in [4.78, 5) is 25.5. The van der Waals surface area contributed by atoms with Gasteiger partial charge in [0, 0.05) is 6.42 Å². The third-order valence-corrected chi connectivity index (χ3v) is 14.6. The first-order valence-electron chi connectivity index (χ1n) is 31.9. The molecule has 0 radical (unpaired) electrons. The van der Waals surface area contributed by atoms with E-state index in [-0.39, 0.29) is 19.1 Å². The minimum absolute atomic E-state index is 0.00613. The maximum Gasteiger partial charge on any atom is 0.268 e. The van der Waals surface area contributed by atoms with Crippen molar-refractivity contribution in [3.63, 3.8) is 0 Å². The standard InChI is InChI=1S/C69H121N2O6P/c1-6-8-10-12-14-16-18-20-22-24-25-26-27-28-29-30-31-32-33-34-35-36-37-38-39-40-41-42-43-44-45-47-49-51-53-55-57-59-61-63-69(73)70-67(66-77-78(74,75)76-65-64-71(3,4)5)68(72)62-60-58-56-54-52-50-48-46-23-21-19-17-15-13-11-9-7-2/h8,10,14,16,20,22,25-26,28-29,31-32,34-35,37-38,40-41,60,62,67-68,72H,6-7,9,11-13,15,17-19,21,23-24,27,30,33,36,39,42-59,61,63-66H2,1-5H3,(H-,70,73,74,75)/b10-8-,16-14-,22-20-,26-25-,29-28-,32-31-,35-34-,38-37-,41-40-,62-60+. The Morgan fingerprint density at radius 3 is 1.14 bits per heavy atom. The van der Waals surface area contributed by atoms with Crippen molar-refractivity contribution in [1.82, 2.24) is 5.32 Å². The zero-order valence-electron chi connectivity index (χ0n) is 51.1. The lowest BCUT2D eigenvalue weighted by atomic mass is 10.0. The number of unbranched alkanes of at least 4 members (excludes halogenated alkanes) is 26. The van der Waals surface area contributed by atoms with Gasteiger partial charge < -0.3 is 28.8 Å². The van der Waals surface area contributed by atoms with Crippen LogP contribution in [0.25, 0.3) is 0 Å². The van der Waals surface area contributed by atoms with E-state index in [1.165, 1.54) is 135 Å². The van der Waals surface area contributed by atoms with Gasteiger partial charge in [0.05, 0.1) is 39.9 Å². The van der Waals surface area contributed by atoms with E-state index in [1.807, 2.05) is 27.2 Å². The summed E-state index contributed by atoms with van der Waals surface area (Å²) in [6.07, 6.45) is 87.1. The molecular formula is C69H121N2O6P. The molecule has 0 fully saturated rings. The number of likely N-dealkylation sites (N-methyl/N-ethyl adjacent to an activating group) is 1. The monoisotopic (exact) mass is 1100 g/mol. The number of nitrogens with one attached hydrogen (secondary N) is 1. The Balaban J connectivity index is 4.11. The zero-order chi connectivity index (χ0) is 57.0. The molecule has 8 nitrogen and oxygen atoms in total. The van der Waals surface area contributed by atoms with Gasteiger partial charge in [0.1, 0.15) is 13.2 Å². The molecule has 0 aliphatic rings. The third kappa shape index (κ3) is 60.5. The number of aliphatic hydroxyl groups is 1. The number of aliphatic hydroxyl groups excluding tert-OH is 1. The summed E-state index contributed by atoms with van der Waals surface area (Å²) in [6, 6.07) is -0.896. The number of nitrogens with zero attached hydrogens (tertiary/aromatic N) is 1. The molecule has 9 heteroatoms. The van der Waals surface area contributed by atoms with Gasteiger partial charge in [-0.15, -0.1) is 0 Å². The van der Waals surface area contributed by atoms with Crippen LogP contribution in [0.4, 0.5) is 0 Å². The van der Waals surface area contributed by atoms with Crippen LogP contribution in [0.15, 0.2) is 122 Å². The van der Waals surface area contributed by atoms with E-state index in [2.05, 4.69) is 129 Å². The normalized spacial score (nSPS) is 14.6. The van der Waals surface area contributed by atoms with Crippen LogP contribution in [0.1, 0.15) is 258 Å². The van der Waals surface area contributed by atoms with Gasteiger partial charge in [-0.25, -0.2) is 0 Å². The smallest absolute Gasteiger partial charge is 0.268 e. The van der Waals surface area contributed by atoms with Gasteiger partial charge in [0.15, 0.2) is 0 Å². The summed E-state index contributed by atoms with van der Waals surface area (Å²) in [6.45, 7) is 4.54. The number of rotatable bonds is 57. The molecule has 3 atom stereocenters. The number of hydrogen-bond donors (Lipinski definition) is 2. The van der Waals surface area contributed by atoms with Crippen LogP contribution >= 0.6 is 7.82 Å². The zero-order valence-corrected chi connectivity index (χ0v) is 52.0. The van der Waals surface area contributed by atoms with Crippen molar-refractivity contribution in [2.24, 2.45) is 0 Å². The van der Waals surface area contributed by atoms with E-state index >= 15 is 0 Å². The minimum atomic E-state index is -4.61. The fraction of sp³-hybridized carbons (Fsp3) is 0.696. The minimum Gasteiger partial charge on any atom is -0.756 e. The summed E-state index contributed by atoms with van der Waals surface area (Å²) in [5.74, 6) is -0.204. The van der Waals surface area contributed by atoms with Gasteiger partial charge >= 0.3 is 0 Å². The second kappa shape index (κ2) is 58.6. The van der Waals surface area contributed by atoms with E-state index in [9.17, 15) is 19.4 Å². The fourth-order valence-electron chi connectivity index (χ4n) is 8.73. The highest BCUT2D eigenvalue weighted by Gasteiger charge is 2.23. The Morgan fingerprint density at radius 2 is 0.782 bits per heavy atom. The van der Waals surface area contributed by atoms with Crippen molar-refractivity contribution in [2.75, 3.05) is 40.9 Å². The largest absolute Gasteiger partial charge is 0.756 e. The molecular weight excluding hydrogens is 984 g/mol. The first-order valence-corrected chi connectivity index (χ1v) is 33.4. The predicted molar refractivity (Wildman–Crippen MR) is 339 cm³/mol. The van der Waals surface area contributed by atoms with Gasteiger partial charge in [-0.2, -0.15) is 0 Å². The Morgan fingerprint density at radius 1 is 0.462 bits per heavy atom. The lowest BCUT2D eigenvalue weighted by Crippen LogP contribution is -2.45. The SMILES string of the molecule is CC/C=C\C/C=C\C/C=C\C/C=C\C/C=C\C/C=C\C/C=C\C/C=C\C/C=C\CCCCCCCCCCCCCC(=O)NC(COP(=O)([O-])OCC[N+](C)(C)C)C(O)/C=C/CCCCCCCCCCCCCCCCC. The summed E-state index contributed by atoms with van der Waals surface area (Å²) in [7, 11) is 1.25. The van der Waals surface area contributed by atoms with Gasteiger partial charge in [-0.3, -0.25) is 9.36 Å². The number of hydrogen-bond acceptors (Lipinski definition) is 6. The number of carbonyl (C=O) groups excluding carboxylic acids is 1. The fourth-order valence-corrected chi connectivity index (χ4v) is 9.46. The average molecular weight is 1110 g/mol. The van der Waals surface area contributed by atoms with Crippen molar-refractivity contribution >= 4 is 13.7 Å². The lowest BCUT2D eigenvalue weighted by molar-refractivity contribution is -0.870. The molecule has 0 rings (SSSR count). The topological polar surface area (TPSA) is 108 Å². The van der Waals surface area contributed by atoms with E-state index in [1.54, 1.807) is 6.08 Å². The Hall–Kier alpha value is -3.10. The van der Waals surface area contributed by atoms with E-state index in [0.29, 0.717) is 17.4 Å². The number of allylic oxidation sites excluding steroid dienone is 19.